The Kier molecular flexibility index (Phi) is 7.14. The molecule has 0 aromatic rings. The van der Waals surface area contributed by atoms with Crippen molar-refractivity contribution in [1.29, 1.82) is 0 Å². The van der Waals surface area contributed by atoms with Crippen LogP contribution < -0.4 is 5.73 Å². The average Bonchev–Trinajstić information content (AvgIpc) is 2.36. The van der Waals surface area contributed by atoms with Gasteiger partial charge in [0.2, 0.25) is 0 Å². The fourth-order valence-corrected chi connectivity index (χ4v) is 2.91. The summed E-state index contributed by atoms with van der Waals surface area (Å²) in [4.78, 5) is 0. The van der Waals surface area contributed by atoms with Gasteiger partial charge in [-0.2, -0.15) is 0 Å². The zero-order valence-electron chi connectivity index (χ0n) is 11.8. The highest BCUT2D eigenvalue weighted by atomic mass is 16.5. The minimum absolute atomic E-state index is 0.0163. The molecule has 0 heterocycles. The third-order valence-corrected chi connectivity index (χ3v) is 4.05. The smallest absolute Gasteiger partial charge is 0.0807 e. The number of hydrogen-bond acceptors (Lipinski definition) is 2. The van der Waals surface area contributed by atoms with Crippen LogP contribution in [0.4, 0.5) is 0 Å². The topological polar surface area (TPSA) is 35.2 Å². The lowest BCUT2D eigenvalue weighted by atomic mass is 9.84. The van der Waals surface area contributed by atoms with Gasteiger partial charge in [-0.05, 0) is 26.2 Å². The molecule has 1 fully saturated rings. The van der Waals surface area contributed by atoms with Gasteiger partial charge in [0, 0.05) is 6.54 Å². The van der Waals surface area contributed by atoms with E-state index < -0.39 is 0 Å². The second kappa shape index (κ2) is 8.10. The molecule has 1 rings (SSSR count). The van der Waals surface area contributed by atoms with Crippen LogP contribution in [0.3, 0.4) is 0 Å². The highest BCUT2D eigenvalue weighted by Gasteiger charge is 2.32. The Morgan fingerprint density at radius 1 is 1.12 bits per heavy atom. The SMILES string of the molecule is CCCCCCC(C)OC1(CN)CCCCC1. The van der Waals surface area contributed by atoms with Crippen molar-refractivity contribution in [3.8, 4) is 0 Å². The first kappa shape index (κ1) is 15.0. The quantitative estimate of drug-likeness (QED) is 0.651. The van der Waals surface area contributed by atoms with Gasteiger partial charge < -0.3 is 10.5 Å². The highest BCUT2D eigenvalue weighted by molar-refractivity contribution is 4.86. The lowest BCUT2D eigenvalue weighted by Crippen LogP contribution is -2.44. The van der Waals surface area contributed by atoms with Crippen LogP contribution in [0.25, 0.3) is 0 Å². The molecule has 102 valence electrons. The molecule has 2 nitrogen and oxygen atoms in total. The molecule has 0 radical (unpaired) electrons. The van der Waals surface area contributed by atoms with Crippen LogP contribution in [0.15, 0.2) is 0 Å². The van der Waals surface area contributed by atoms with Crippen molar-refractivity contribution in [3.05, 3.63) is 0 Å². The van der Waals surface area contributed by atoms with Crippen molar-refractivity contribution in [3.63, 3.8) is 0 Å². The van der Waals surface area contributed by atoms with Gasteiger partial charge in [0.25, 0.3) is 0 Å². The molecular formula is C15H31NO. The second-order valence-electron chi connectivity index (χ2n) is 5.73. The van der Waals surface area contributed by atoms with Gasteiger partial charge in [-0.25, -0.2) is 0 Å². The van der Waals surface area contributed by atoms with Gasteiger partial charge in [-0.15, -0.1) is 0 Å². The fourth-order valence-electron chi connectivity index (χ4n) is 2.91. The Bertz CT molecular complexity index is 187. The molecule has 1 saturated carbocycles. The summed E-state index contributed by atoms with van der Waals surface area (Å²) in [7, 11) is 0. The normalized spacial score (nSPS) is 21.4. The van der Waals surface area contributed by atoms with Gasteiger partial charge in [0.1, 0.15) is 0 Å². The van der Waals surface area contributed by atoms with Gasteiger partial charge in [0.05, 0.1) is 11.7 Å². The fraction of sp³-hybridized carbons (Fsp3) is 1.00. The molecule has 0 aliphatic heterocycles. The van der Waals surface area contributed by atoms with Crippen LogP contribution in [0.1, 0.15) is 78.1 Å². The first-order valence-corrected chi connectivity index (χ1v) is 7.60. The zero-order chi connectivity index (χ0) is 12.6. The Balaban J connectivity index is 2.24. The summed E-state index contributed by atoms with van der Waals surface area (Å²) in [6, 6.07) is 0. The minimum Gasteiger partial charge on any atom is -0.371 e. The second-order valence-corrected chi connectivity index (χ2v) is 5.73. The molecule has 17 heavy (non-hydrogen) atoms. The molecule has 0 amide bonds. The third-order valence-electron chi connectivity index (χ3n) is 4.05. The van der Waals surface area contributed by atoms with E-state index in [0.29, 0.717) is 12.6 Å². The van der Waals surface area contributed by atoms with Crippen LogP contribution in [0.5, 0.6) is 0 Å². The molecular weight excluding hydrogens is 210 g/mol. The number of unbranched alkanes of at least 4 members (excludes halogenated alkanes) is 3. The van der Waals surface area contributed by atoms with Crippen molar-refractivity contribution >= 4 is 0 Å². The standard InChI is InChI=1S/C15H31NO/c1-3-4-5-7-10-14(2)17-15(13-16)11-8-6-9-12-15/h14H,3-13,16H2,1-2H3. The van der Waals surface area contributed by atoms with Crippen molar-refractivity contribution in [2.24, 2.45) is 5.73 Å². The minimum atomic E-state index is 0.0163. The monoisotopic (exact) mass is 241 g/mol. The summed E-state index contributed by atoms with van der Waals surface area (Å²) < 4.78 is 6.28. The highest BCUT2D eigenvalue weighted by Crippen LogP contribution is 2.32. The molecule has 1 aliphatic carbocycles. The third kappa shape index (κ3) is 5.39. The van der Waals surface area contributed by atoms with E-state index in [-0.39, 0.29) is 5.60 Å². The van der Waals surface area contributed by atoms with Crippen LogP contribution in [-0.4, -0.2) is 18.2 Å². The maximum Gasteiger partial charge on any atom is 0.0807 e. The summed E-state index contributed by atoms with van der Waals surface area (Å²) in [5, 5.41) is 0. The molecule has 0 spiro atoms. The van der Waals surface area contributed by atoms with Crippen LogP contribution >= 0.6 is 0 Å². The van der Waals surface area contributed by atoms with E-state index in [9.17, 15) is 0 Å². The average molecular weight is 241 g/mol. The zero-order valence-corrected chi connectivity index (χ0v) is 11.8. The maximum absolute atomic E-state index is 6.28. The Labute approximate surface area is 107 Å². The number of nitrogens with two attached hydrogens (primary N) is 1. The van der Waals surface area contributed by atoms with E-state index in [1.165, 1.54) is 64.2 Å². The molecule has 0 bridgehead atoms. The van der Waals surface area contributed by atoms with Crippen LogP contribution in [-0.2, 0) is 4.74 Å². The lowest BCUT2D eigenvalue weighted by Gasteiger charge is -2.38. The summed E-state index contributed by atoms with van der Waals surface area (Å²) in [6.07, 6.45) is 13.2. The molecule has 0 saturated heterocycles. The van der Waals surface area contributed by atoms with Crippen molar-refractivity contribution in [2.75, 3.05) is 6.54 Å². The molecule has 2 N–H and O–H groups in total. The van der Waals surface area contributed by atoms with E-state index in [4.69, 9.17) is 10.5 Å². The van der Waals surface area contributed by atoms with Gasteiger partial charge in [-0.3, -0.25) is 0 Å². The predicted octanol–water partition coefficient (Wildman–Crippen LogP) is 4.02. The van der Waals surface area contributed by atoms with Gasteiger partial charge in [0.15, 0.2) is 0 Å². The summed E-state index contributed by atoms with van der Waals surface area (Å²) in [5.74, 6) is 0. The van der Waals surface area contributed by atoms with Crippen molar-refractivity contribution in [1.82, 2.24) is 0 Å². The summed E-state index contributed by atoms with van der Waals surface area (Å²) in [5.41, 5.74) is 5.95. The molecule has 2 heteroatoms. The predicted molar refractivity (Wildman–Crippen MR) is 74.2 cm³/mol. The molecule has 1 atom stereocenters. The Hall–Kier alpha value is -0.0800. The van der Waals surface area contributed by atoms with E-state index >= 15 is 0 Å². The van der Waals surface area contributed by atoms with Crippen LogP contribution in [0.2, 0.25) is 0 Å². The molecule has 0 aromatic carbocycles. The summed E-state index contributed by atoms with van der Waals surface area (Å²) in [6.45, 7) is 5.18. The first-order chi connectivity index (χ1) is 8.22. The Morgan fingerprint density at radius 2 is 1.82 bits per heavy atom. The Morgan fingerprint density at radius 3 is 2.41 bits per heavy atom. The van der Waals surface area contributed by atoms with Gasteiger partial charge in [-0.1, -0.05) is 51.9 Å². The maximum atomic E-state index is 6.28. The van der Waals surface area contributed by atoms with Crippen LogP contribution in [0, 0.1) is 0 Å². The molecule has 0 aromatic heterocycles. The number of ether oxygens (including phenoxy) is 1. The first-order valence-electron chi connectivity index (χ1n) is 7.60. The van der Waals surface area contributed by atoms with E-state index in [1.807, 2.05) is 0 Å². The molecule has 1 unspecified atom stereocenters. The number of rotatable bonds is 8. The van der Waals surface area contributed by atoms with E-state index in [0.717, 1.165) is 0 Å². The van der Waals surface area contributed by atoms with Gasteiger partial charge >= 0.3 is 0 Å². The van der Waals surface area contributed by atoms with E-state index in [2.05, 4.69) is 13.8 Å². The lowest BCUT2D eigenvalue weighted by molar-refractivity contribution is -0.104. The largest absolute Gasteiger partial charge is 0.371 e. The summed E-state index contributed by atoms with van der Waals surface area (Å²) >= 11 is 0. The number of hydrogen-bond donors (Lipinski definition) is 1. The molecule has 1 aliphatic rings. The van der Waals surface area contributed by atoms with Crippen molar-refractivity contribution < 1.29 is 4.74 Å². The van der Waals surface area contributed by atoms with E-state index in [1.54, 1.807) is 0 Å². The van der Waals surface area contributed by atoms with Crippen molar-refractivity contribution in [2.45, 2.75) is 89.8 Å².